The number of amides is 1. The van der Waals surface area contributed by atoms with Crippen molar-refractivity contribution in [1.29, 1.82) is 0 Å². The quantitative estimate of drug-likeness (QED) is 0.512. The van der Waals surface area contributed by atoms with Gasteiger partial charge in [-0.3, -0.25) is 14.6 Å². The number of fused-ring (bicyclic) bond motifs is 1. The van der Waals surface area contributed by atoms with Crippen LogP contribution in [-0.2, 0) is 4.74 Å². The number of nitrogens with two attached hydrogens (primary N) is 1. The van der Waals surface area contributed by atoms with Crippen LogP contribution in [0.15, 0.2) is 41.6 Å². The topological polar surface area (TPSA) is 110 Å². The molecule has 0 spiro atoms. The van der Waals surface area contributed by atoms with Gasteiger partial charge in [-0.05, 0) is 12.5 Å². The van der Waals surface area contributed by atoms with Crippen molar-refractivity contribution in [3.63, 3.8) is 0 Å². The monoisotopic (exact) mass is 379 g/mol. The Kier molecular flexibility index (Phi) is 4.90. The number of carbonyl (C=O) groups is 1. The van der Waals surface area contributed by atoms with Gasteiger partial charge in [-0.25, -0.2) is 4.98 Å². The molecule has 9 heteroatoms. The summed E-state index contributed by atoms with van der Waals surface area (Å²) in [5.41, 5.74) is 11.3. The van der Waals surface area contributed by atoms with Gasteiger partial charge in [-0.15, -0.1) is 0 Å². The molecule has 0 saturated carbocycles. The van der Waals surface area contributed by atoms with Crippen LogP contribution < -0.4 is 16.1 Å². The van der Waals surface area contributed by atoms with Crippen LogP contribution in [0, 0.1) is 6.92 Å². The van der Waals surface area contributed by atoms with Crippen LogP contribution in [0.25, 0.3) is 5.65 Å². The fourth-order valence-corrected chi connectivity index (χ4v) is 3.06. The van der Waals surface area contributed by atoms with Crippen molar-refractivity contribution in [2.24, 2.45) is 10.8 Å². The lowest BCUT2D eigenvalue weighted by Crippen LogP contribution is -2.38. The van der Waals surface area contributed by atoms with E-state index in [-0.39, 0.29) is 5.69 Å². The van der Waals surface area contributed by atoms with Crippen molar-refractivity contribution in [1.82, 2.24) is 14.4 Å². The maximum Gasteiger partial charge on any atom is 0.268 e. The SMILES string of the molecule is Cc1cccc(/C=N/Nc2cc3nc(C(N)=O)cn3c(N3CCOCC3)n2)c1. The molecule has 1 fully saturated rings. The maximum absolute atomic E-state index is 11.6. The Bertz CT molecular complexity index is 1040. The third kappa shape index (κ3) is 3.79. The van der Waals surface area contributed by atoms with E-state index < -0.39 is 5.91 Å². The molecule has 1 saturated heterocycles. The number of ether oxygens (including phenoxy) is 1. The largest absolute Gasteiger partial charge is 0.378 e. The third-order valence-corrected chi connectivity index (χ3v) is 4.42. The molecule has 3 N–H and O–H groups in total. The lowest BCUT2D eigenvalue weighted by atomic mass is 10.2. The zero-order valence-corrected chi connectivity index (χ0v) is 15.5. The van der Waals surface area contributed by atoms with Gasteiger partial charge in [-0.2, -0.15) is 10.1 Å². The zero-order chi connectivity index (χ0) is 19.5. The summed E-state index contributed by atoms with van der Waals surface area (Å²) in [5, 5.41) is 4.28. The van der Waals surface area contributed by atoms with Gasteiger partial charge in [0.1, 0.15) is 11.3 Å². The molecular weight excluding hydrogens is 358 g/mol. The summed E-state index contributed by atoms with van der Waals surface area (Å²) in [6, 6.07) is 9.75. The number of hydrogen-bond donors (Lipinski definition) is 2. The summed E-state index contributed by atoms with van der Waals surface area (Å²) in [6.45, 7) is 4.65. The van der Waals surface area contributed by atoms with Gasteiger partial charge < -0.3 is 15.4 Å². The molecule has 0 bridgehead atoms. The molecule has 0 aliphatic carbocycles. The van der Waals surface area contributed by atoms with Crippen LogP contribution >= 0.6 is 0 Å². The van der Waals surface area contributed by atoms with Crippen LogP contribution in [0.2, 0.25) is 0 Å². The van der Waals surface area contributed by atoms with E-state index in [4.69, 9.17) is 10.5 Å². The average Bonchev–Trinajstić information content (AvgIpc) is 3.13. The van der Waals surface area contributed by atoms with Crippen molar-refractivity contribution < 1.29 is 9.53 Å². The number of imidazole rings is 1. The van der Waals surface area contributed by atoms with Crippen molar-refractivity contribution in [3.05, 3.63) is 53.3 Å². The minimum absolute atomic E-state index is 0.191. The van der Waals surface area contributed by atoms with E-state index in [0.29, 0.717) is 43.7 Å². The average molecular weight is 379 g/mol. The van der Waals surface area contributed by atoms with Gasteiger partial charge in [0.2, 0.25) is 5.95 Å². The Morgan fingerprint density at radius 1 is 1.29 bits per heavy atom. The number of benzene rings is 1. The van der Waals surface area contributed by atoms with Crippen LogP contribution in [0.1, 0.15) is 21.6 Å². The highest BCUT2D eigenvalue weighted by molar-refractivity contribution is 5.91. The summed E-state index contributed by atoms with van der Waals surface area (Å²) in [7, 11) is 0. The van der Waals surface area contributed by atoms with Crippen LogP contribution in [-0.4, -0.2) is 52.8 Å². The van der Waals surface area contributed by atoms with Crippen LogP contribution in [0.5, 0.6) is 0 Å². The first-order chi connectivity index (χ1) is 13.6. The number of primary amides is 1. The molecule has 3 aromatic rings. The number of aromatic nitrogens is 3. The number of hydrazone groups is 1. The Balaban J connectivity index is 1.66. The van der Waals surface area contributed by atoms with Gasteiger partial charge >= 0.3 is 0 Å². The molecule has 0 unspecified atom stereocenters. The number of aryl methyl sites for hydroxylation is 1. The first-order valence-electron chi connectivity index (χ1n) is 8.98. The van der Waals surface area contributed by atoms with Gasteiger partial charge in [-0.1, -0.05) is 29.8 Å². The lowest BCUT2D eigenvalue weighted by Gasteiger charge is -2.28. The molecular formula is C19H21N7O2. The Labute approximate surface area is 161 Å². The second-order valence-electron chi connectivity index (χ2n) is 6.54. The van der Waals surface area contributed by atoms with E-state index >= 15 is 0 Å². The van der Waals surface area contributed by atoms with Crippen molar-refractivity contribution in [2.75, 3.05) is 36.6 Å². The lowest BCUT2D eigenvalue weighted by molar-refractivity contribution is 0.0996. The number of rotatable bonds is 5. The minimum atomic E-state index is -0.580. The number of carbonyl (C=O) groups excluding carboxylic acids is 1. The van der Waals surface area contributed by atoms with E-state index in [9.17, 15) is 4.79 Å². The van der Waals surface area contributed by atoms with Gasteiger partial charge in [0.05, 0.1) is 19.4 Å². The molecule has 1 aliphatic rings. The minimum Gasteiger partial charge on any atom is -0.378 e. The van der Waals surface area contributed by atoms with Gasteiger partial charge in [0.15, 0.2) is 5.82 Å². The summed E-state index contributed by atoms with van der Waals surface area (Å²) in [4.78, 5) is 22.6. The third-order valence-electron chi connectivity index (χ3n) is 4.42. The molecule has 3 heterocycles. The maximum atomic E-state index is 11.6. The summed E-state index contributed by atoms with van der Waals surface area (Å²) in [5.74, 6) is 0.608. The summed E-state index contributed by atoms with van der Waals surface area (Å²) in [6.07, 6.45) is 3.34. The predicted octanol–water partition coefficient (Wildman–Crippen LogP) is 1.42. The highest BCUT2D eigenvalue weighted by atomic mass is 16.5. The second-order valence-corrected chi connectivity index (χ2v) is 6.54. The van der Waals surface area contributed by atoms with Gasteiger partial charge in [0.25, 0.3) is 5.91 Å². The molecule has 9 nitrogen and oxygen atoms in total. The molecule has 1 amide bonds. The molecule has 0 radical (unpaired) electrons. The number of hydrogen-bond acceptors (Lipinski definition) is 7. The fourth-order valence-electron chi connectivity index (χ4n) is 3.06. The first-order valence-corrected chi connectivity index (χ1v) is 8.98. The summed E-state index contributed by atoms with van der Waals surface area (Å²) >= 11 is 0. The van der Waals surface area contributed by atoms with Crippen molar-refractivity contribution in [3.8, 4) is 0 Å². The van der Waals surface area contributed by atoms with E-state index in [1.165, 1.54) is 0 Å². The van der Waals surface area contributed by atoms with E-state index in [1.807, 2.05) is 31.2 Å². The van der Waals surface area contributed by atoms with E-state index in [1.54, 1.807) is 22.9 Å². The molecule has 1 aromatic carbocycles. The van der Waals surface area contributed by atoms with Crippen molar-refractivity contribution in [2.45, 2.75) is 6.92 Å². The Morgan fingerprint density at radius 3 is 2.86 bits per heavy atom. The molecule has 28 heavy (non-hydrogen) atoms. The molecule has 144 valence electrons. The zero-order valence-electron chi connectivity index (χ0n) is 15.5. The van der Waals surface area contributed by atoms with Crippen LogP contribution in [0.4, 0.5) is 11.8 Å². The number of morpholine rings is 1. The molecule has 0 atom stereocenters. The van der Waals surface area contributed by atoms with Crippen LogP contribution in [0.3, 0.4) is 0 Å². The predicted molar refractivity (Wildman–Crippen MR) is 107 cm³/mol. The Hall–Kier alpha value is -3.46. The summed E-state index contributed by atoms with van der Waals surface area (Å²) < 4.78 is 7.19. The normalized spacial score (nSPS) is 14.7. The van der Waals surface area contributed by atoms with E-state index in [0.717, 1.165) is 11.1 Å². The number of anilines is 2. The second kappa shape index (κ2) is 7.65. The number of nitrogens with zero attached hydrogens (tertiary/aromatic N) is 5. The number of nitrogens with one attached hydrogen (secondary N) is 1. The van der Waals surface area contributed by atoms with Crippen molar-refractivity contribution >= 4 is 29.5 Å². The van der Waals surface area contributed by atoms with E-state index in [2.05, 4.69) is 25.4 Å². The highest BCUT2D eigenvalue weighted by Crippen LogP contribution is 2.20. The van der Waals surface area contributed by atoms with Gasteiger partial charge in [0, 0.05) is 25.4 Å². The highest BCUT2D eigenvalue weighted by Gasteiger charge is 2.19. The Morgan fingerprint density at radius 2 is 2.11 bits per heavy atom. The first kappa shape index (κ1) is 17.9. The standard InChI is InChI=1S/C19H21N7O2/c1-13-3-2-4-14(9-13)11-21-24-16-10-17-22-15(18(20)27)12-26(17)19(23-16)25-5-7-28-8-6-25/h2-4,9-12,24H,5-8H2,1H3,(H2,20,27)/b21-11+. The fraction of sp³-hybridized carbons (Fsp3) is 0.263. The molecule has 2 aromatic heterocycles. The smallest absolute Gasteiger partial charge is 0.268 e. The molecule has 4 rings (SSSR count). The molecule has 1 aliphatic heterocycles.